The fraction of sp³-hybridized carbons (Fsp3) is 0.538. The molecular formula is C13H20F2OSi. The molecule has 0 amide bonds. The van der Waals surface area contributed by atoms with E-state index in [9.17, 15) is 8.78 Å². The van der Waals surface area contributed by atoms with Gasteiger partial charge < -0.3 is 4.74 Å². The van der Waals surface area contributed by atoms with E-state index in [2.05, 4.69) is 20.8 Å². The molecule has 0 N–H and O–H groups in total. The van der Waals surface area contributed by atoms with Crippen molar-refractivity contribution in [3.63, 3.8) is 0 Å². The largest absolute Gasteiger partial charge is 0.494 e. The van der Waals surface area contributed by atoms with Gasteiger partial charge in [0.05, 0.1) is 15.2 Å². The summed E-state index contributed by atoms with van der Waals surface area (Å²) in [5, 5.41) is 0.600. The molecule has 4 heteroatoms. The first-order valence-corrected chi connectivity index (χ1v) is 8.70. The van der Waals surface area contributed by atoms with Gasteiger partial charge in [-0.15, -0.1) is 0 Å². The second kappa shape index (κ2) is 5.62. The fourth-order valence-electron chi connectivity index (χ4n) is 2.42. The van der Waals surface area contributed by atoms with Crippen molar-refractivity contribution in [1.82, 2.24) is 0 Å². The number of rotatable bonds is 5. The van der Waals surface area contributed by atoms with Crippen LogP contribution in [-0.4, -0.2) is 15.2 Å². The monoisotopic (exact) mass is 258 g/mol. The van der Waals surface area contributed by atoms with E-state index < -0.39 is 19.7 Å². The van der Waals surface area contributed by atoms with Crippen LogP contribution < -0.4 is 9.92 Å². The lowest BCUT2D eigenvalue weighted by molar-refractivity contribution is 0.373. The smallest absolute Gasteiger partial charge is 0.200 e. The predicted octanol–water partition coefficient (Wildman–Crippen LogP) is 3.69. The number of hydrogen-bond acceptors (Lipinski definition) is 1. The Bertz CT molecular complexity index is 381. The summed E-state index contributed by atoms with van der Waals surface area (Å²) in [6.45, 7) is 6.21. The Kier molecular flexibility index (Phi) is 4.68. The standard InChI is InChI=1S/C13H20F2OSi/c1-5-17(6-2,7-3)11-9-8-10(16-4)12(14)13(11)15/h8-9H,5-7H2,1-4H3. The number of halogens is 2. The van der Waals surface area contributed by atoms with E-state index >= 15 is 0 Å². The third kappa shape index (κ3) is 2.36. The van der Waals surface area contributed by atoms with Crippen LogP contribution in [0.2, 0.25) is 18.1 Å². The Morgan fingerprint density at radius 2 is 1.53 bits per heavy atom. The maximum absolute atomic E-state index is 14.1. The SMILES string of the molecule is CC[Si](CC)(CC)c1ccc(OC)c(F)c1F. The molecule has 0 saturated heterocycles. The summed E-state index contributed by atoms with van der Waals surface area (Å²) < 4.78 is 32.6. The van der Waals surface area contributed by atoms with Gasteiger partial charge in [-0.3, -0.25) is 0 Å². The first-order valence-electron chi connectivity index (χ1n) is 6.08. The van der Waals surface area contributed by atoms with Gasteiger partial charge >= 0.3 is 0 Å². The average Bonchev–Trinajstić information content (AvgIpc) is 2.37. The molecule has 1 aromatic carbocycles. The minimum absolute atomic E-state index is 0.0162. The number of methoxy groups -OCH3 is 1. The molecule has 0 bridgehead atoms. The highest BCUT2D eigenvalue weighted by atomic mass is 28.3. The molecule has 0 aliphatic carbocycles. The lowest BCUT2D eigenvalue weighted by Crippen LogP contribution is -2.47. The van der Waals surface area contributed by atoms with Crippen LogP contribution >= 0.6 is 0 Å². The summed E-state index contributed by atoms with van der Waals surface area (Å²) in [5.41, 5.74) is 0. The molecule has 0 atom stereocenters. The zero-order valence-corrected chi connectivity index (χ0v) is 11.9. The summed E-state index contributed by atoms with van der Waals surface area (Å²) in [4.78, 5) is 0. The van der Waals surface area contributed by atoms with Crippen molar-refractivity contribution >= 4 is 13.3 Å². The van der Waals surface area contributed by atoms with Crippen molar-refractivity contribution in [1.29, 1.82) is 0 Å². The van der Waals surface area contributed by atoms with E-state index in [0.717, 1.165) is 18.1 Å². The molecule has 0 spiro atoms. The molecule has 0 aliphatic heterocycles. The molecule has 0 fully saturated rings. The van der Waals surface area contributed by atoms with Crippen molar-refractivity contribution in [2.24, 2.45) is 0 Å². The fourth-order valence-corrected chi connectivity index (χ4v) is 6.08. The van der Waals surface area contributed by atoms with E-state index in [1.807, 2.05) is 0 Å². The van der Waals surface area contributed by atoms with Gasteiger partial charge in [0.2, 0.25) is 0 Å². The lowest BCUT2D eigenvalue weighted by atomic mass is 10.3. The Labute approximate surface area is 103 Å². The highest BCUT2D eigenvalue weighted by molar-refractivity contribution is 6.91. The van der Waals surface area contributed by atoms with Crippen molar-refractivity contribution in [3.05, 3.63) is 23.8 Å². The van der Waals surface area contributed by atoms with Crippen LogP contribution in [0.5, 0.6) is 5.75 Å². The molecule has 0 unspecified atom stereocenters. The van der Waals surface area contributed by atoms with Crippen LogP contribution in [0.4, 0.5) is 8.78 Å². The van der Waals surface area contributed by atoms with Gasteiger partial charge in [0.25, 0.3) is 0 Å². The molecule has 0 radical (unpaired) electrons. The molecule has 0 heterocycles. The third-order valence-electron chi connectivity index (χ3n) is 3.87. The van der Waals surface area contributed by atoms with Crippen LogP contribution in [0.25, 0.3) is 0 Å². The first kappa shape index (κ1) is 14.2. The van der Waals surface area contributed by atoms with Crippen LogP contribution in [0.15, 0.2) is 12.1 Å². The first-order chi connectivity index (χ1) is 8.06. The van der Waals surface area contributed by atoms with Crippen molar-refractivity contribution in [3.8, 4) is 5.75 Å². The van der Waals surface area contributed by atoms with E-state index in [1.165, 1.54) is 13.2 Å². The van der Waals surface area contributed by atoms with E-state index in [-0.39, 0.29) is 5.75 Å². The molecule has 0 aliphatic rings. The number of hydrogen-bond donors (Lipinski definition) is 0. The van der Waals surface area contributed by atoms with Crippen LogP contribution in [0, 0.1) is 11.6 Å². The zero-order valence-electron chi connectivity index (χ0n) is 10.9. The maximum atomic E-state index is 14.1. The van der Waals surface area contributed by atoms with Crippen LogP contribution in [0.1, 0.15) is 20.8 Å². The maximum Gasteiger partial charge on any atom is 0.200 e. The van der Waals surface area contributed by atoms with Gasteiger partial charge in [-0.2, -0.15) is 4.39 Å². The molecule has 1 aromatic rings. The third-order valence-corrected chi connectivity index (χ3v) is 9.46. The highest BCUT2D eigenvalue weighted by Crippen LogP contribution is 2.25. The number of benzene rings is 1. The number of ether oxygens (including phenoxy) is 1. The summed E-state index contributed by atoms with van der Waals surface area (Å²) in [5.74, 6) is -1.57. The van der Waals surface area contributed by atoms with Gasteiger partial charge in [0, 0.05) is 0 Å². The van der Waals surface area contributed by atoms with Gasteiger partial charge in [0.1, 0.15) is 0 Å². The van der Waals surface area contributed by atoms with E-state index in [1.54, 1.807) is 6.07 Å². The summed E-state index contributed by atoms with van der Waals surface area (Å²) in [6, 6.07) is 6.05. The Morgan fingerprint density at radius 3 is 1.94 bits per heavy atom. The second-order valence-corrected chi connectivity index (χ2v) is 9.50. The van der Waals surface area contributed by atoms with Gasteiger partial charge in [0.15, 0.2) is 17.4 Å². The molecule has 96 valence electrons. The molecule has 0 saturated carbocycles. The second-order valence-electron chi connectivity index (χ2n) is 4.28. The van der Waals surface area contributed by atoms with Crippen LogP contribution in [0.3, 0.4) is 0 Å². The average molecular weight is 258 g/mol. The van der Waals surface area contributed by atoms with E-state index in [0.29, 0.717) is 5.19 Å². The minimum Gasteiger partial charge on any atom is -0.494 e. The summed E-state index contributed by atoms with van der Waals surface area (Å²) in [7, 11) is -0.527. The Morgan fingerprint density at radius 1 is 1.00 bits per heavy atom. The molecule has 1 rings (SSSR count). The summed E-state index contributed by atoms with van der Waals surface area (Å²) >= 11 is 0. The quantitative estimate of drug-likeness (QED) is 0.732. The topological polar surface area (TPSA) is 9.23 Å². The molecule has 0 aromatic heterocycles. The van der Waals surface area contributed by atoms with Gasteiger partial charge in [-0.25, -0.2) is 4.39 Å². The zero-order chi connectivity index (χ0) is 13.1. The van der Waals surface area contributed by atoms with E-state index in [4.69, 9.17) is 4.74 Å². The molecule has 1 nitrogen and oxygen atoms in total. The Hall–Kier alpha value is -0.903. The normalized spacial score (nSPS) is 11.6. The predicted molar refractivity (Wildman–Crippen MR) is 69.7 cm³/mol. The van der Waals surface area contributed by atoms with Gasteiger partial charge in [-0.1, -0.05) is 45.0 Å². The van der Waals surface area contributed by atoms with Gasteiger partial charge in [-0.05, 0) is 11.3 Å². The Balaban J connectivity index is 3.36. The van der Waals surface area contributed by atoms with Crippen molar-refractivity contribution in [2.45, 2.75) is 38.9 Å². The molecule has 17 heavy (non-hydrogen) atoms. The highest BCUT2D eigenvalue weighted by Gasteiger charge is 2.33. The summed E-state index contributed by atoms with van der Waals surface area (Å²) in [6.07, 6.45) is 0. The minimum atomic E-state index is -1.88. The molecular weight excluding hydrogens is 238 g/mol. The van der Waals surface area contributed by atoms with Crippen molar-refractivity contribution in [2.75, 3.05) is 7.11 Å². The van der Waals surface area contributed by atoms with Crippen LogP contribution in [-0.2, 0) is 0 Å². The lowest BCUT2D eigenvalue weighted by Gasteiger charge is -2.29. The van der Waals surface area contributed by atoms with Crippen molar-refractivity contribution < 1.29 is 13.5 Å².